The van der Waals surface area contributed by atoms with E-state index in [9.17, 15) is 0 Å². The number of allylic oxidation sites excluding steroid dienone is 1. The number of likely N-dealkylation sites (N-methyl/N-ethyl adjacent to an activating group) is 1. The van der Waals surface area contributed by atoms with Gasteiger partial charge in [-0.2, -0.15) is 0 Å². The molecule has 5 rings (SSSR count). The highest BCUT2D eigenvalue weighted by molar-refractivity contribution is 5.99. The van der Waals surface area contributed by atoms with Crippen molar-refractivity contribution in [1.29, 1.82) is 0 Å². The fraction of sp³-hybridized carbons (Fsp3) is 0.577. The zero-order valence-electron chi connectivity index (χ0n) is 20.2. The minimum Gasteiger partial charge on any atom is -0.497 e. The predicted octanol–water partition coefficient (Wildman–Crippen LogP) is 3.83. The summed E-state index contributed by atoms with van der Waals surface area (Å²) in [6, 6.07) is 6.69. The molecule has 2 aromatic rings. The molecule has 1 aromatic heterocycles. The molecule has 1 atom stereocenters. The molecule has 7 heteroatoms. The van der Waals surface area contributed by atoms with E-state index >= 15 is 0 Å². The third kappa shape index (κ3) is 4.36. The van der Waals surface area contributed by atoms with Crippen molar-refractivity contribution in [2.45, 2.75) is 69.7 Å². The highest BCUT2D eigenvalue weighted by Gasteiger charge is 2.42. The van der Waals surface area contributed by atoms with Crippen LogP contribution in [0.4, 0.5) is 0 Å². The predicted molar refractivity (Wildman–Crippen MR) is 134 cm³/mol. The van der Waals surface area contributed by atoms with Crippen LogP contribution < -0.4 is 21.1 Å². The second-order valence-electron chi connectivity index (χ2n) is 10.1. The third-order valence-electron chi connectivity index (χ3n) is 7.71. The second-order valence-corrected chi connectivity index (χ2v) is 10.1. The topological polar surface area (TPSA) is 90.7 Å². The smallest absolute Gasteiger partial charge is 0.187 e. The summed E-state index contributed by atoms with van der Waals surface area (Å²) in [4.78, 5) is 10.6. The number of fused-ring (bicyclic) bond motifs is 1. The Balaban J connectivity index is 1.22. The maximum Gasteiger partial charge on any atom is 0.187 e. The van der Waals surface area contributed by atoms with Gasteiger partial charge in [0, 0.05) is 61.0 Å². The van der Waals surface area contributed by atoms with Gasteiger partial charge in [0.15, 0.2) is 5.79 Å². The van der Waals surface area contributed by atoms with Crippen molar-refractivity contribution >= 4 is 16.7 Å². The first-order valence-corrected chi connectivity index (χ1v) is 12.4. The molecule has 0 radical (unpaired) electrons. The Morgan fingerprint density at radius 1 is 1.18 bits per heavy atom. The molecule has 5 N–H and O–H groups in total. The van der Waals surface area contributed by atoms with Crippen molar-refractivity contribution in [2.75, 3.05) is 21.2 Å². The Kier molecular flexibility index (Phi) is 6.10. The molecule has 0 spiro atoms. The largest absolute Gasteiger partial charge is 0.497 e. The monoisotopic (exact) mass is 450 g/mol. The molecule has 7 nitrogen and oxygen atoms in total. The van der Waals surface area contributed by atoms with E-state index in [4.69, 9.17) is 15.5 Å². The number of aliphatic imine (C=N–C) groups is 1. The van der Waals surface area contributed by atoms with Crippen molar-refractivity contribution < 1.29 is 4.74 Å². The van der Waals surface area contributed by atoms with Crippen LogP contribution in [0.2, 0.25) is 0 Å². The first-order chi connectivity index (χ1) is 16.0. The summed E-state index contributed by atoms with van der Waals surface area (Å²) in [5.74, 6) is 1.64. The first-order valence-electron chi connectivity index (χ1n) is 12.4. The Labute approximate surface area is 196 Å². The molecule has 33 heavy (non-hydrogen) atoms. The molecule has 0 saturated heterocycles. The number of nitrogens with zero attached hydrogens (tertiary/aromatic N) is 2. The molecule has 2 aliphatic carbocycles. The van der Waals surface area contributed by atoms with E-state index in [1.54, 1.807) is 7.11 Å². The summed E-state index contributed by atoms with van der Waals surface area (Å²) in [6.07, 6.45) is 11.2. The summed E-state index contributed by atoms with van der Waals surface area (Å²) in [7, 11) is 5.89. The lowest BCUT2D eigenvalue weighted by Crippen LogP contribution is -2.61. The molecular weight excluding hydrogens is 412 g/mol. The van der Waals surface area contributed by atoms with Crippen LogP contribution in [-0.4, -0.2) is 48.8 Å². The van der Waals surface area contributed by atoms with Crippen LogP contribution in [0.3, 0.4) is 0 Å². The summed E-state index contributed by atoms with van der Waals surface area (Å²) in [5, 5.41) is 8.71. The van der Waals surface area contributed by atoms with Crippen molar-refractivity contribution in [2.24, 2.45) is 16.6 Å². The van der Waals surface area contributed by atoms with Crippen LogP contribution in [0.25, 0.3) is 10.9 Å². The van der Waals surface area contributed by atoms with Crippen molar-refractivity contribution in [3.63, 3.8) is 0 Å². The van der Waals surface area contributed by atoms with Gasteiger partial charge in [0.2, 0.25) is 0 Å². The number of nitrogens with two attached hydrogens (primary N) is 1. The van der Waals surface area contributed by atoms with E-state index in [-0.39, 0.29) is 0 Å². The molecule has 3 aliphatic rings. The number of H-pyrrole nitrogens is 1. The minimum absolute atomic E-state index is 0.346. The van der Waals surface area contributed by atoms with E-state index < -0.39 is 5.79 Å². The van der Waals surface area contributed by atoms with Gasteiger partial charge in [-0.3, -0.25) is 5.73 Å². The fourth-order valence-corrected chi connectivity index (χ4v) is 5.79. The molecule has 178 valence electrons. The van der Waals surface area contributed by atoms with Gasteiger partial charge in [-0.05, 0) is 75.1 Å². The lowest BCUT2D eigenvalue weighted by atomic mass is 9.80. The van der Waals surface area contributed by atoms with Crippen LogP contribution in [0.1, 0.15) is 56.9 Å². The zero-order valence-corrected chi connectivity index (χ0v) is 20.2. The van der Waals surface area contributed by atoms with Gasteiger partial charge in [-0.25, -0.2) is 4.99 Å². The number of rotatable bonds is 5. The molecule has 2 heterocycles. The SMILES string of the molecule is COc1ccc2[nH]cc(CNC3CCC(C4(N)N=C(N(C)C)C5=C(CCCC5)N4)CC3)c2c1. The van der Waals surface area contributed by atoms with Gasteiger partial charge < -0.3 is 25.3 Å². The Hall–Kier alpha value is -2.51. The minimum atomic E-state index is -0.686. The molecular formula is C26H38N6O. The van der Waals surface area contributed by atoms with Gasteiger partial charge in [-0.15, -0.1) is 0 Å². The van der Waals surface area contributed by atoms with Crippen LogP contribution in [-0.2, 0) is 6.54 Å². The molecule has 1 aromatic carbocycles. The van der Waals surface area contributed by atoms with Gasteiger partial charge in [0.05, 0.1) is 7.11 Å². The number of hydrogen-bond acceptors (Lipinski definition) is 6. The quantitative estimate of drug-likeness (QED) is 0.556. The number of aromatic amines is 1. The van der Waals surface area contributed by atoms with E-state index in [2.05, 4.69) is 52.9 Å². The van der Waals surface area contributed by atoms with Crippen molar-refractivity contribution in [1.82, 2.24) is 20.5 Å². The highest BCUT2D eigenvalue weighted by Crippen LogP contribution is 2.37. The average Bonchev–Trinajstić information content (AvgIpc) is 3.24. The Morgan fingerprint density at radius 3 is 2.73 bits per heavy atom. The van der Waals surface area contributed by atoms with E-state index in [0.29, 0.717) is 12.0 Å². The standard InChI is InChI=1S/C26H38N6O/c1-32(2)25-21-6-4-5-7-24(21)30-26(27,31-25)18-8-10-19(11-9-18)28-15-17-16-29-23-13-12-20(33-3)14-22(17)23/h12-14,16,18-19,28-30H,4-11,15,27H2,1-3H3. The molecule has 1 fully saturated rings. The lowest BCUT2D eigenvalue weighted by molar-refractivity contribution is 0.160. The van der Waals surface area contributed by atoms with E-state index in [1.807, 2.05) is 6.07 Å². The van der Waals surface area contributed by atoms with Gasteiger partial charge >= 0.3 is 0 Å². The van der Waals surface area contributed by atoms with Crippen LogP contribution >= 0.6 is 0 Å². The molecule has 1 unspecified atom stereocenters. The number of hydrogen-bond donors (Lipinski definition) is 4. The number of amidine groups is 1. The zero-order chi connectivity index (χ0) is 23.0. The summed E-state index contributed by atoms with van der Waals surface area (Å²) >= 11 is 0. The van der Waals surface area contributed by atoms with Gasteiger partial charge in [-0.1, -0.05) is 0 Å². The molecule has 1 aliphatic heterocycles. The Bertz CT molecular complexity index is 1060. The molecule has 0 amide bonds. The van der Waals surface area contributed by atoms with Crippen molar-refractivity contribution in [3.05, 3.63) is 41.2 Å². The van der Waals surface area contributed by atoms with E-state index in [0.717, 1.165) is 62.2 Å². The summed E-state index contributed by atoms with van der Waals surface area (Å²) < 4.78 is 5.41. The summed E-state index contributed by atoms with van der Waals surface area (Å²) in [6.45, 7) is 0.855. The van der Waals surface area contributed by atoms with Gasteiger partial charge in [0.1, 0.15) is 11.6 Å². The van der Waals surface area contributed by atoms with Gasteiger partial charge in [0.25, 0.3) is 0 Å². The average molecular weight is 451 g/mol. The number of methoxy groups -OCH3 is 1. The number of benzene rings is 1. The lowest BCUT2D eigenvalue weighted by Gasteiger charge is -2.45. The maximum atomic E-state index is 6.96. The highest BCUT2D eigenvalue weighted by atomic mass is 16.5. The second kappa shape index (κ2) is 9.03. The maximum absolute atomic E-state index is 6.96. The van der Waals surface area contributed by atoms with Crippen LogP contribution in [0.15, 0.2) is 40.7 Å². The van der Waals surface area contributed by atoms with Crippen LogP contribution in [0.5, 0.6) is 5.75 Å². The first kappa shape index (κ1) is 22.3. The number of aromatic nitrogens is 1. The van der Waals surface area contributed by atoms with Crippen molar-refractivity contribution in [3.8, 4) is 5.75 Å². The normalized spacial score (nSPS) is 27.7. The van der Waals surface area contributed by atoms with E-state index in [1.165, 1.54) is 35.1 Å². The fourth-order valence-electron chi connectivity index (χ4n) is 5.79. The summed E-state index contributed by atoms with van der Waals surface area (Å²) in [5.41, 5.74) is 12.1. The van der Waals surface area contributed by atoms with Crippen LogP contribution in [0, 0.1) is 5.92 Å². The molecule has 0 bridgehead atoms. The Morgan fingerprint density at radius 2 is 1.97 bits per heavy atom. The molecule has 1 saturated carbocycles. The number of nitrogens with one attached hydrogen (secondary N) is 3. The third-order valence-corrected chi connectivity index (χ3v) is 7.71. The number of ether oxygens (including phenoxy) is 1.